The molecule has 6 heteroatoms. The van der Waals surface area contributed by atoms with Crippen LogP contribution in [-0.2, 0) is 11.3 Å². The second-order valence-electron chi connectivity index (χ2n) is 4.76. The molecule has 0 aromatic heterocycles. The third-order valence-corrected chi connectivity index (χ3v) is 3.29. The van der Waals surface area contributed by atoms with Crippen LogP contribution in [0.15, 0.2) is 18.2 Å². The van der Waals surface area contributed by atoms with E-state index in [1.165, 1.54) is 6.07 Å². The van der Waals surface area contributed by atoms with Crippen molar-refractivity contribution in [2.45, 2.75) is 6.54 Å². The molecule has 0 aliphatic carbocycles. The standard InChI is InChI=1S/C13H18N2O4/c16-11-2-1-10(12(17)7-11)8-14-3-5-15(6-4-14)9-13(18)19/h1-2,7,16-17H,3-6,8-9H2,(H,18,19). The Hall–Kier alpha value is -1.79. The van der Waals surface area contributed by atoms with Crippen molar-refractivity contribution in [3.63, 3.8) is 0 Å². The highest BCUT2D eigenvalue weighted by Crippen LogP contribution is 2.24. The molecular weight excluding hydrogens is 248 g/mol. The largest absolute Gasteiger partial charge is 0.508 e. The molecule has 104 valence electrons. The Balaban J connectivity index is 1.87. The lowest BCUT2D eigenvalue weighted by molar-refractivity contribution is -0.138. The van der Waals surface area contributed by atoms with Crippen molar-refractivity contribution >= 4 is 5.97 Å². The third kappa shape index (κ3) is 3.84. The molecule has 3 N–H and O–H groups in total. The summed E-state index contributed by atoms with van der Waals surface area (Å²) < 4.78 is 0. The van der Waals surface area contributed by atoms with Crippen LogP contribution in [0, 0.1) is 0 Å². The zero-order chi connectivity index (χ0) is 13.8. The molecule has 1 saturated heterocycles. The molecule has 1 fully saturated rings. The molecule has 1 aromatic rings. The van der Waals surface area contributed by atoms with Crippen molar-refractivity contribution in [2.75, 3.05) is 32.7 Å². The number of aliphatic carboxylic acids is 1. The maximum Gasteiger partial charge on any atom is 0.317 e. The van der Waals surface area contributed by atoms with Crippen LogP contribution in [0.2, 0.25) is 0 Å². The van der Waals surface area contributed by atoms with Gasteiger partial charge in [0.2, 0.25) is 0 Å². The number of phenols is 2. The smallest absolute Gasteiger partial charge is 0.317 e. The number of aromatic hydroxyl groups is 2. The topological polar surface area (TPSA) is 84.2 Å². The van der Waals surface area contributed by atoms with E-state index in [0.29, 0.717) is 19.6 Å². The van der Waals surface area contributed by atoms with Crippen LogP contribution in [0.5, 0.6) is 11.5 Å². The molecule has 6 nitrogen and oxygen atoms in total. The summed E-state index contributed by atoms with van der Waals surface area (Å²) in [6, 6.07) is 4.58. The number of nitrogens with zero attached hydrogens (tertiary/aromatic N) is 2. The van der Waals surface area contributed by atoms with Crippen LogP contribution in [-0.4, -0.2) is 63.8 Å². The van der Waals surface area contributed by atoms with E-state index in [2.05, 4.69) is 4.90 Å². The van der Waals surface area contributed by atoms with Crippen LogP contribution in [0.1, 0.15) is 5.56 Å². The average Bonchev–Trinajstić information content (AvgIpc) is 2.34. The van der Waals surface area contributed by atoms with Gasteiger partial charge in [0, 0.05) is 44.4 Å². The second kappa shape index (κ2) is 5.90. The van der Waals surface area contributed by atoms with Gasteiger partial charge in [0.15, 0.2) is 0 Å². The van der Waals surface area contributed by atoms with Crippen molar-refractivity contribution in [1.82, 2.24) is 9.80 Å². The molecule has 0 unspecified atom stereocenters. The first-order chi connectivity index (χ1) is 9.04. The number of benzene rings is 1. The third-order valence-electron chi connectivity index (χ3n) is 3.29. The number of phenolic OH excluding ortho intramolecular Hbond substituents is 2. The molecule has 0 bridgehead atoms. The molecule has 19 heavy (non-hydrogen) atoms. The summed E-state index contributed by atoms with van der Waals surface area (Å²) in [5, 5.41) is 27.7. The van der Waals surface area contributed by atoms with E-state index >= 15 is 0 Å². The van der Waals surface area contributed by atoms with Gasteiger partial charge in [-0.1, -0.05) is 6.07 Å². The van der Waals surface area contributed by atoms with E-state index in [1.807, 2.05) is 4.90 Å². The quantitative estimate of drug-likeness (QED) is 0.727. The van der Waals surface area contributed by atoms with E-state index < -0.39 is 5.97 Å². The Morgan fingerprint density at radius 1 is 1.11 bits per heavy atom. The number of carboxylic acid groups (broad SMARTS) is 1. The minimum absolute atomic E-state index is 0.0486. The summed E-state index contributed by atoms with van der Waals surface area (Å²) >= 11 is 0. The predicted octanol–water partition coefficient (Wildman–Crippen LogP) is 0.300. The van der Waals surface area contributed by atoms with Gasteiger partial charge in [-0.2, -0.15) is 0 Å². The van der Waals surface area contributed by atoms with E-state index in [0.717, 1.165) is 18.7 Å². The van der Waals surface area contributed by atoms with Crippen LogP contribution >= 0.6 is 0 Å². The summed E-state index contributed by atoms with van der Waals surface area (Å²) in [5.74, 6) is -0.662. The Labute approximate surface area is 111 Å². The number of carbonyl (C=O) groups is 1. The molecule has 1 aromatic carbocycles. The zero-order valence-electron chi connectivity index (χ0n) is 10.6. The monoisotopic (exact) mass is 266 g/mol. The molecule has 1 heterocycles. The second-order valence-corrected chi connectivity index (χ2v) is 4.76. The highest BCUT2D eigenvalue weighted by molar-refractivity contribution is 5.69. The summed E-state index contributed by atoms with van der Waals surface area (Å²) in [6.07, 6.45) is 0. The molecule has 1 aliphatic rings. The first-order valence-corrected chi connectivity index (χ1v) is 6.22. The fourth-order valence-electron chi connectivity index (χ4n) is 2.22. The van der Waals surface area contributed by atoms with E-state index in [1.54, 1.807) is 12.1 Å². The number of carboxylic acids is 1. The lowest BCUT2D eigenvalue weighted by Gasteiger charge is -2.33. The maximum atomic E-state index is 10.6. The Morgan fingerprint density at radius 2 is 1.74 bits per heavy atom. The molecule has 0 saturated carbocycles. The number of hydrogen-bond donors (Lipinski definition) is 3. The van der Waals surface area contributed by atoms with Gasteiger partial charge in [0.25, 0.3) is 0 Å². The van der Waals surface area contributed by atoms with E-state index in [-0.39, 0.29) is 18.0 Å². The van der Waals surface area contributed by atoms with Gasteiger partial charge in [0.05, 0.1) is 6.54 Å². The molecule has 0 atom stereocenters. The van der Waals surface area contributed by atoms with Crippen molar-refractivity contribution in [3.05, 3.63) is 23.8 Å². The maximum absolute atomic E-state index is 10.6. The van der Waals surface area contributed by atoms with Gasteiger partial charge in [-0.15, -0.1) is 0 Å². The summed E-state index contributed by atoms with van der Waals surface area (Å²) in [4.78, 5) is 14.7. The molecular formula is C13H18N2O4. The van der Waals surface area contributed by atoms with Crippen LogP contribution in [0.4, 0.5) is 0 Å². The SMILES string of the molecule is O=C(O)CN1CCN(Cc2ccc(O)cc2O)CC1. The van der Waals surface area contributed by atoms with Gasteiger partial charge >= 0.3 is 5.97 Å². The minimum Gasteiger partial charge on any atom is -0.508 e. The van der Waals surface area contributed by atoms with E-state index in [4.69, 9.17) is 5.11 Å². The normalized spacial score (nSPS) is 17.5. The Bertz CT molecular complexity index is 456. The molecule has 0 spiro atoms. The molecule has 0 radical (unpaired) electrons. The fraction of sp³-hybridized carbons (Fsp3) is 0.462. The first-order valence-electron chi connectivity index (χ1n) is 6.22. The highest BCUT2D eigenvalue weighted by atomic mass is 16.4. The van der Waals surface area contributed by atoms with Gasteiger partial charge < -0.3 is 15.3 Å². The van der Waals surface area contributed by atoms with Gasteiger partial charge in [0.1, 0.15) is 11.5 Å². The Morgan fingerprint density at radius 3 is 2.32 bits per heavy atom. The number of hydrogen-bond acceptors (Lipinski definition) is 5. The van der Waals surface area contributed by atoms with Crippen molar-refractivity contribution in [1.29, 1.82) is 0 Å². The Kier molecular flexibility index (Phi) is 4.24. The summed E-state index contributed by atoms with van der Waals surface area (Å²) in [5.41, 5.74) is 0.768. The van der Waals surface area contributed by atoms with E-state index in [9.17, 15) is 15.0 Å². The van der Waals surface area contributed by atoms with Crippen LogP contribution in [0.3, 0.4) is 0 Å². The summed E-state index contributed by atoms with van der Waals surface area (Å²) in [7, 11) is 0. The lowest BCUT2D eigenvalue weighted by atomic mass is 10.1. The van der Waals surface area contributed by atoms with Gasteiger partial charge in [-0.25, -0.2) is 0 Å². The fourth-order valence-corrected chi connectivity index (χ4v) is 2.22. The zero-order valence-corrected chi connectivity index (χ0v) is 10.6. The highest BCUT2D eigenvalue weighted by Gasteiger charge is 2.19. The number of piperazine rings is 1. The average molecular weight is 266 g/mol. The van der Waals surface area contributed by atoms with Crippen LogP contribution in [0.25, 0.3) is 0 Å². The summed E-state index contributed by atoms with van der Waals surface area (Å²) in [6.45, 7) is 3.66. The van der Waals surface area contributed by atoms with Gasteiger partial charge in [-0.3, -0.25) is 14.6 Å². The first kappa shape index (κ1) is 13.6. The minimum atomic E-state index is -0.801. The van der Waals surface area contributed by atoms with Crippen LogP contribution < -0.4 is 0 Å². The van der Waals surface area contributed by atoms with Crippen molar-refractivity contribution < 1.29 is 20.1 Å². The lowest BCUT2D eigenvalue weighted by Crippen LogP contribution is -2.47. The van der Waals surface area contributed by atoms with Gasteiger partial charge in [-0.05, 0) is 6.07 Å². The predicted molar refractivity (Wildman–Crippen MR) is 69.1 cm³/mol. The molecule has 0 amide bonds. The molecule has 1 aliphatic heterocycles. The molecule has 2 rings (SSSR count). The van der Waals surface area contributed by atoms with Crippen molar-refractivity contribution in [3.8, 4) is 11.5 Å². The number of rotatable bonds is 4. The van der Waals surface area contributed by atoms with Crippen molar-refractivity contribution in [2.24, 2.45) is 0 Å².